The first-order chi connectivity index (χ1) is 10.7. The average molecular weight is 292 g/mol. The molecule has 0 radical (unpaired) electrons. The lowest BCUT2D eigenvalue weighted by atomic mass is 10.1. The zero-order chi connectivity index (χ0) is 15.1. The quantitative estimate of drug-likeness (QED) is 0.590. The first-order valence-electron chi connectivity index (χ1n) is 6.92. The predicted octanol–water partition coefficient (Wildman–Crippen LogP) is 2.96. The van der Waals surface area contributed by atoms with Crippen LogP contribution in [0.25, 0.3) is 22.0 Å². The van der Waals surface area contributed by atoms with Crippen molar-refractivity contribution in [1.29, 1.82) is 0 Å². The van der Waals surface area contributed by atoms with Gasteiger partial charge in [0.05, 0.1) is 12.1 Å². The van der Waals surface area contributed by atoms with Crippen LogP contribution in [0.4, 0.5) is 0 Å². The van der Waals surface area contributed by atoms with Gasteiger partial charge in [0.2, 0.25) is 0 Å². The number of oxazole rings is 1. The van der Waals surface area contributed by atoms with Gasteiger partial charge in [-0.05, 0) is 18.2 Å². The van der Waals surface area contributed by atoms with E-state index in [9.17, 15) is 9.59 Å². The van der Waals surface area contributed by atoms with Crippen LogP contribution >= 0.6 is 0 Å². The largest absolute Gasteiger partial charge is 0.420 e. The van der Waals surface area contributed by atoms with Crippen molar-refractivity contribution < 1.29 is 9.21 Å². The van der Waals surface area contributed by atoms with Gasteiger partial charge in [-0.25, -0.2) is 4.79 Å². The minimum Gasteiger partial charge on any atom is -0.408 e. The number of aromatic nitrogens is 2. The molecular weight excluding hydrogens is 280 g/mol. The van der Waals surface area contributed by atoms with E-state index in [0.29, 0.717) is 16.7 Å². The molecule has 0 spiro atoms. The van der Waals surface area contributed by atoms with Crippen molar-refractivity contribution in [1.82, 2.24) is 9.55 Å². The molecule has 2 aromatic heterocycles. The van der Waals surface area contributed by atoms with Crippen molar-refractivity contribution >= 4 is 27.8 Å². The number of para-hydroxylation sites is 3. The zero-order valence-electron chi connectivity index (χ0n) is 11.6. The highest BCUT2D eigenvalue weighted by molar-refractivity contribution is 6.07. The molecule has 0 unspecified atom stereocenters. The van der Waals surface area contributed by atoms with E-state index in [-0.39, 0.29) is 12.3 Å². The Kier molecular flexibility index (Phi) is 2.72. The summed E-state index contributed by atoms with van der Waals surface area (Å²) < 4.78 is 6.51. The van der Waals surface area contributed by atoms with Gasteiger partial charge in [-0.1, -0.05) is 30.3 Å². The molecule has 2 heterocycles. The third-order valence-corrected chi connectivity index (χ3v) is 3.77. The summed E-state index contributed by atoms with van der Waals surface area (Å²) in [4.78, 5) is 27.6. The summed E-state index contributed by atoms with van der Waals surface area (Å²) in [5.41, 5.74) is 2.59. The standard InChI is InChI=1S/C17H12N2O3/c20-15(12-9-18-13-6-2-1-5-11(12)13)10-19-14-7-3-4-8-16(14)22-17(19)21/h1-9,18H,10H2. The fourth-order valence-corrected chi connectivity index (χ4v) is 2.69. The minimum atomic E-state index is -0.519. The van der Waals surface area contributed by atoms with E-state index >= 15 is 0 Å². The topological polar surface area (TPSA) is 68.0 Å². The second-order valence-corrected chi connectivity index (χ2v) is 5.09. The van der Waals surface area contributed by atoms with Crippen molar-refractivity contribution in [2.75, 3.05) is 0 Å². The van der Waals surface area contributed by atoms with Gasteiger partial charge in [0.15, 0.2) is 11.4 Å². The lowest BCUT2D eigenvalue weighted by Gasteiger charge is -2.01. The van der Waals surface area contributed by atoms with Crippen LogP contribution in [0, 0.1) is 0 Å². The number of hydrogen-bond acceptors (Lipinski definition) is 3. The van der Waals surface area contributed by atoms with Gasteiger partial charge in [0, 0.05) is 22.7 Å². The molecule has 0 saturated carbocycles. The van der Waals surface area contributed by atoms with E-state index < -0.39 is 5.76 Å². The Bertz CT molecular complexity index is 1050. The molecule has 0 atom stereocenters. The zero-order valence-corrected chi connectivity index (χ0v) is 11.6. The Morgan fingerprint density at radius 2 is 1.86 bits per heavy atom. The summed E-state index contributed by atoms with van der Waals surface area (Å²) in [6, 6.07) is 14.7. The van der Waals surface area contributed by atoms with E-state index in [1.54, 1.807) is 24.4 Å². The number of ketones is 1. The Morgan fingerprint density at radius 1 is 1.09 bits per heavy atom. The smallest absolute Gasteiger partial charge is 0.408 e. The maximum atomic E-state index is 12.6. The molecule has 4 rings (SSSR count). The van der Waals surface area contributed by atoms with Crippen molar-refractivity contribution in [2.45, 2.75) is 6.54 Å². The Hall–Kier alpha value is -3.08. The number of rotatable bonds is 3. The molecule has 0 aliphatic heterocycles. The lowest BCUT2D eigenvalue weighted by molar-refractivity contribution is 0.0972. The number of benzene rings is 2. The third kappa shape index (κ3) is 1.87. The molecular formula is C17H12N2O3. The minimum absolute atomic E-state index is 0.0440. The van der Waals surface area contributed by atoms with Crippen LogP contribution in [0.3, 0.4) is 0 Å². The molecule has 0 amide bonds. The van der Waals surface area contributed by atoms with Crippen LogP contribution in [0.2, 0.25) is 0 Å². The number of carbonyl (C=O) groups is 1. The summed E-state index contributed by atoms with van der Waals surface area (Å²) in [6.07, 6.45) is 1.68. The molecule has 108 valence electrons. The Balaban J connectivity index is 1.78. The van der Waals surface area contributed by atoms with Crippen LogP contribution in [0.1, 0.15) is 10.4 Å². The fourth-order valence-electron chi connectivity index (χ4n) is 2.69. The summed E-state index contributed by atoms with van der Waals surface area (Å²) in [5.74, 6) is -0.652. The average Bonchev–Trinajstić information content (AvgIpc) is 3.09. The van der Waals surface area contributed by atoms with Gasteiger partial charge >= 0.3 is 5.76 Å². The van der Waals surface area contributed by atoms with E-state index in [2.05, 4.69) is 4.98 Å². The number of fused-ring (bicyclic) bond motifs is 2. The predicted molar refractivity (Wildman–Crippen MR) is 83.1 cm³/mol. The van der Waals surface area contributed by atoms with Gasteiger partial charge in [-0.15, -0.1) is 0 Å². The molecule has 0 aliphatic rings. The molecule has 0 saturated heterocycles. The van der Waals surface area contributed by atoms with Crippen LogP contribution in [-0.4, -0.2) is 15.3 Å². The molecule has 0 bridgehead atoms. The van der Waals surface area contributed by atoms with Gasteiger partial charge < -0.3 is 9.40 Å². The van der Waals surface area contributed by atoms with Crippen LogP contribution in [0.5, 0.6) is 0 Å². The van der Waals surface area contributed by atoms with Crippen molar-refractivity contribution in [2.24, 2.45) is 0 Å². The maximum Gasteiger partial charge on any atom is 0.420 e. The molecule has 5 heteroatoms. The van der Waals surface area contributed by atoms with Crippen LogP contribution < -0.4 is 5.76 Å². The van der Waals surface area contributed by atoms with Crippen molar-refractivity contribution in [3.05, 3.63) is 70.8 Å². The fraction of sp³-hybridized carbons (Fsp3) is 0.0588. The van der Waals surface area contributed by atoms with Gasteiger partial charge in [-0.2, -0.15) is 0 Å². The highest BCUT2D eigenvalue weighted by atomic mass is 16.4. The van der Waals surface area contributed by atoms with E-state index in [1.165, 1.54) is 4.57 Å². The van der Waals surface area contributed by atoms with Gasteiger partial charge in [0.1, 0.15) is 0 Å². The maximum absolute atomic E-state index is 12.6. The number of hydrogen-bond donors (Lipinski definition) is 1. The highest BCUT2D eigenvalue weighted by Gasteiger charge is 2.16. The monoisotopic (exact) mass is 292 g/mol. The molecule has 22 heavy (non-hydrogen) atoms. The van der Waals surface area contributed by atoms with Crippen molar-refractivity contribution in [3.8, 4) is 0 Å². The molecule has 4 aromatic rings. The molecule has 0 fully saturated rings. The summed E-state index contributed by atoms with van der Waals surface area (Å²) >= 11 is 0. The number of aromatic amines is 1. The van der Waals surface area contributed by atoms with Gasteiger partial charge in [-0.3, -0.25) is 9.36 Å². The Labute approximate surface area is 124 Å². The first kappa shape index (κ1) is 12.6. The SMILES string of the molecule is O=C(Cn1c(=O)oc2ccccc21)c1c[nH]c2ccccc12. The molecule has 1 N–H and O–H groups in total. The summed E-state index contributed by atoms with van der Waals surface area (Å²) in [5, 5.41) is 0.855. The summed E-state index contributed by atoms with van der Waals surface area (Å²) in [7, 11) is 0. The second-order valence-electron chi connectivity index (χ2n) is 5.09. The number of H-pyrrole nitrogens is 1. The molecule has 0 aliphatic carbocycles. The van der Waals surface area contributed by atoms with E-state index in [0.717, 1.165) is 10.9 Å². The number of nitrogens with one attached hydrogen (secondary N) is 1. The van der Waals surface area contributed by atoms with Crippen LogP contribution in [0.15, 0.2) is 63.9 Å². The summed E-state index contributed by atoms with van der Waals surface area (Å²) in [6.45, 7) is -0.0440. The third-order valence-electron chi connectivity index (χ3n) is 3.77. The molecule has 5 nitrogen and oxygen atoms in total. The van der Waals surface area contributed by atoms with E-state index in [1.807, 2.05) is 30.3 Å². The van der Waals surface area contributed by atoms with E-state index in [4.69, 9.17) is 4.42 Å². The first-order valence-corrected chi connectivity index (χ1v) is 6.92. The van der Waals surface area contributed by atoms with Gasteiger partial charge in [0.25, 0.3) is 0 Å². The second kappa shape index (κ2) is 4.73. The molecule has 2 aromatic carbocycles. The number of Topliss-reactive ketones (excluding diaryl/α,β-unsaturated/α-hetero) is 1. The number of nitrogens with zero attached hydrogens (tertiary/aromatic N) is 1. The highest BCUT2D eigenvalue weighted by Crippen LogP contribution is 2.19. The lowest BCUT2D eigenvalue weighted by Crippen LogP contribution is -2.20. The van der Waals surface area contributed by atoms with Crippen molar-refractivity contribution in [3.63, 3.8) is 0 Å². The Morgan fingerprint density at radius 3 is 2.77 bits per heavy atom. The normalized spacial score (nSPS) is 11.3. The number of carbonyl (C=O) groups excluding carboxylic acids is 1. The van der Waals surface area contributed by atoms with Crippen LogP contribution in [-0.2, 0) is 6.54 Å².